The number of thiol groups is 1. The van der Waals surface area contributed by atoms with E-state index in [9.17, 15) is 13.2 Å². The molecule has 0 saturated carbocycles. The molecule has 3 N–H and O–H groups in total. The molecule has 0 atom stereocenters. The molecule has 0 radical (unpaired) electrons. The summed E-state index contributed by atoms with van der Waals surface area (Å²) < 4.78 is 22.8. The van der Waals surface area contributed by atoms with E-state index in [-0.39, 0.29) is 30.5 Å². The van der Waals surface area contributed by atoms with Crippen molar-refractivity contribution in [2.75, 3.05) is 0 Å². The van der Waals surface area contributed by atoms with Crippen LogP contribution in [-0.2, 0) is 27.4 Å². The summed E-state index contributed by atoms with van der Waals surface area (Å²) in [5, 5.41) is 0. The minimum Gasteiger partial charge on any atom is -0.351 e. The van der Waals surface area contributed by atoms with Gasteiger partial charge in [0.1, 0.15) is 0 Å². The van der Waals surface area contributed by atoms with Crippen LogP contribution in [0.25, 0.3) is 0 Å². The smallest absolute Gasteiger partial charge is 0.322 e. The molecule has 0 aromatic carbocycles. The van der Waals surface area contributed by atoms with E-state index in [2.05, 4.69) is 17.4 Å². The Balaban J connectivity index is 0. The Labute approximate surface area is 89.0 Å². The van der Waals surface area contributed by atoms with E-state index in [0.717, 1.165) is 0 Å². The number of nitrogens with two attached hydrogens (primary N) is 1. The Morgan fingerprint density at radius 3 is 2.27 bits per heavy atom. The van der Waals surface area contributed by atoms with Crippen molar-refractivity contribution in [3.63, 3.8) is 0 Å². The Morgan fingerprint density at radius 1 is 1.55 bits per heavy atom. The molecule has 10 heteroatoms. The van der Waals surface area contributed by atoms with Crippen LogP contribution in [0.2, 0.25) is 0 Å². The number of nitrogens with one attached hydrogen (secondary N) is 1. The van der Waals surface area contributed by atoms with Crippen LogP contribution >= 0.6 is 32.5 Å². The van der Waals surface area contributed by atoms with Crippen LogP contribution in [-0.4, -0.2) is 14.4 Å². The maximum absolute atomic E-state index is 10.5. The van der Waals surface area contributed by atoms with E-state index in [4.69, 9.17) is 0 Å². The fourth-order valence-corrected chi connectivity index (χ4v) is 2.37. The topological polar surface area (TPSA) is 89.3 Å². The third-order valence-corrected chi connectivity index (χ3v) is 6.32. The summed E-state index contributed by atoms with van der Waals surface area (Å²) >= 11 is 3.42. The van der Waals surface area contributed by atoms with E-state index < -0.39 is 13.9 Å². The van der Waals surface area contributed by atoms with E-state index in [1.807, 2.05) is 4.72 Å². The summed E-state index contributed by atoms with van der Waals surface area (Å²) in [5.74, 6) is 0. The van der Waals surface area contributed by atoms with Gasteiger partial charge in [-0.15, -0.1) is 0 Å². The third-order valence-electron chi connectivity index (χ3n) is 0.336. The van der Waals surface area contributed by atoms with Crippen LogP contribution in [0.1, 0.15) is 0 Å². The summed E-state index contributed by atoms with van der Waals surface area (Å²) in [6, 6.07) is -0.907. The second-order valence-electron chi connectivity index (χ2n) is 1.03. The molecule has 0 aromatic heterocycles. The SMILES string of the molecule is NC(=O)NSS(=O)(=O)SS.[Zn]. The number of hydrogen-bond donors (Lipinski definition) is 3. The Hall–Kier alpha value is 0.893. The molecule has 11 heavy (non-hydrogen) atoms. The summed E-state index contributed by atoms with van der Waals surface area (Å²) in [6.45, 7) is 0. The quantitative estimate of drug-likeness (QED) is 0.297. The van der Waals surface area contributed by atoms with Crippen molar-refractivity contribution >= 4 is 46.4 Å². The Bertz CT molecular complexity index is 213. The van der Waals surface area contributed by atoms with Crippen molar-refractivity contribution in [1.29, 1.82) is 0 Å². The zero-order chi connectivity index (χ0) is 8.20. The predicted octanol–water partition coefficient (Wildman–Crippen LogP) is 0.123. The number of primary amides is 1. The van der Waals surface area contributed by atoms with Crippen molar-refractivity contribution in [1.82, 2.24) is 4.72 Å². The maximum Gasteiger partial charge on any atom is 0.322 e. The van der Waals surface area contributed by atoms with E-state index >= 15 is 0 Å². The van der Waals surface area contributed by atoms with Gasteiger partial charge in [0.2, 0.25) is 0 Å². The van der Waals surface area contributed by atoms with Crippen molar-refractivity contribution in [2.45, 2.75) is 0 Å². The van der Waals surface area contributed by atoms with Crippen LogP contribution < -0.4 is 10.5 Å². The molecular weight excluding hydrogens is 282 g/mol. The number of carbonyl (C=O) groups excluding carboxylic acids is 1. The van der Waals surface area contributed by atoms with Crippen molar-refractivity contribution < 1.29 is 32.7 Å². The second kappa shape index (κ2) is 6.41. The molecule has 2 amide bonds. The van der Waals surface area contributed by atoms with E-state index in [0.29, 0.717) is 9.83 Å². The monoisotopic (exact) mass is 284 g/mol. The first-order chi connectivity index (χ1) is 4.48. The Morgan fingerprint density at radius 2 is 2.00 bits per heavy atom. The van der Waals surface area contributed by atoms with Crippen LogP contribution in [0.4, 0.5) is 4.79 Å². The van der Waals surface area contributed by atoms with Gasteiger partial charge in [0.05, 0.1) is 11.0 Å². The minimum absolute atomic E-state index is 0. The number of urea groups is 1. The van der Waals surface area contributed by atoms with Crippen LogP contribution in [0.3, 0.4) is 0 Å². The normalized spacial score (nSPS) is 9.91. The van der Waals surface area contributed by atoms with Gasteiger partial charge in [-0.05, 0) is 0 Å². The molecule has 0 aromatic rings. The van der Waals surface area contributed by atoms with Crippen molar-refractivity contribution in [2.24, 2.45) is 5.73 Å². The van der Waals surface area contributed by atoms with Crippen LogP contribution in [0.15, 0.2) is 0 Å². The first kappa shape index (κ1) is 14.4. The molecule has 0 rings (SSSR count). The summed E-state index contributed by atoms with van der Waals surface area (Å²) in [7, 11) is -2.88. The summed E-state index contributed by atoms with van der Waals surface area (Å²) in [5.41, 5.74) is 4.58. The Kier molecular flexibility index (Phi) is 8.41. The van der Waals surface area contributed by atoms with Crippen LogP contribution in [0.5, 0.6) is 0 Å². The molecule has 0 aliphatic carbocycles. The van der Waals surface area contributed by atoms with Gasteiger partial charge in [0.15, 0.2) is 0 Å². The van der Waals surface area contributed by atoms with Crippen molar-refractivity contribution in [3.05, 3.63) is 0 Å². The zero-order valence-corrected chi connectivity index (χ0v) is 11.5. The molecule has 0 saturated heterocycles. The molecule has 0 spiro atoms. The molecule has 0 aliphatic heterocycles. The fraction of sp³-hybridized carbons (Fsp3) is 0. The molecular formula is CH4N2O3S4Zn. The molecule has 0 heterocycles. The zero-order valence-electron chi connectivity index (χ0n) is 5.18. The predicted molar refractivity (Wildman–Crippen MR) is 45.8 cm³/mol. The summed E-state index contributed by atoms with van der Waals surface area (Å²) in [4.78, 5) is 9.95. The second-order valence-corrected chi connectivity index (χ2v) is 7.92. The van der Waals surface area contributed by atoms with Gasteiger partial charge in [0, 0.05) is 29.3 Å². The van der Waals surface area contributed by atoms with Gasteiger partial charge < -0.3 is 5.73 Å². The standard InChI is InChI=1S/CH4N2O3S4.Zn/c2-1(4)3-8-10(5,6)9-7;/h7H,(H3,2,3,4);. The van der Waals surface area contributed by atoms with Gasteiger partial charge in [-0.25, -0.2) is 13.2 Å². The molecule has 0 bridgehead atoms. The molecule has 0 fully saturated rings. The van der Waals surface area contributed by atoms with Gasteiger partial charge in [-0.3, -0.25) is 4.72 Å². The number of carbonyl (C=O) groups is 1. The van der Waals surface area contributed by atoms with Gasteiger partial charge >= 0.3 is 6.03 Å². The van der Waals surface area contributed by atoms with Crippen molar-refractivity contribution in [3.8, 4) is 0 Å². The van der Waals surface area contributed by atoms with Gasteiger partial charge in [-0.2, -0.15) is 0 Å². The van der Waals surface area contributed by atoms with Gasteiger partial charge in [-0.1, -0.05) is 11.7 Å². The largest absolute Gasteiger partial charge is 0.351 e. The van der Waals surface area contributed by atoms with E-state index in [1.54, 1.807) is 0 Å². The third kappa shape index (κ3) is 8.80. The number of amides is 2. The van der Waals surface area contributed by atoms with Gasteiger partial charge in [0.25, 0.3) is 7.90 Å². The first-order valence-electron chi connectivity index (χ1n) is 1.80. The fourth-order valence-electron chi connectivity index (χ4n) is 0.107. The number of rotatable bonds is 3. The minimum atomic E-state index is -3.43. The summed E-state index contributed by atoms with van der Waals surface area (Å²) in [6.07, 6.45) is 0. The van der Waals surface area contributed by atoms with E-state index in [1.165, 1.54) is 0 Å². The molecule has 5 nitrogen and oxygen atoms in total. The molecule has 62 valence electrons. The first-order valence-corrected chi connectivity index (χ1v) is 7.00. The van der Waals surface area contributed by atoms with Crippen LogP contribution in [0, 0.1) is 0 Å². The number of hydrogen-bond acceptors (Lipinski definition) is 6. The maximum atomic E-state index is 10.5. The molecule has 0 unspecified atom stereocenters. The average Bonchev–Trinajstić information content (AvgIpc) is 1.85. The average molecular weight is 286 g/mol. The molecule has 0 aliphatic rings.